The molecule has 2 aromatic carbocycles. The fourth-order valence-corrected chi connectivity index (χ4v) is 3.25. The van der Waals surface area contributed by atoms with Gasteiger partial charge in [0.25, 0.3) is 0 Å². The van der Waals surface area contributed by atoms with Gasteiger partial charge in [0.05, 0.1) is 12.1 Å². The van der Waals surface area contributed by atoms with E-state index in [9.17, 15) is 13.2 Å². The highest BCUT2D eigenvalue weighted by atomic mass is 19.3. The third-order valence-electron chi connectivity index (χ3n) is 4.40. The Hall–Kier alpha value is -3.03. The number of halogens is 3. The van der Waals surface area contributed by atoms with E-state index in [1.54, 1.807) is 35.0 Å². The molecule has 1 aromatic heterocycles. The molecular formula is C18H15F3N4O. The summed E-state index contributed by atoms with van der Waals surface area (Å²) >= 11 is 0. The highest BCUT2D eigenvalue weighted by Crippen LogP contribution is 2.40. The Morgan fingerprint density at radius 1 is 1.12 bits per heavy atom. The van der Waals surface area contributed by atoms with Crippen molar-refractivity contribution in [1.82, 2.24) is 14.8 Å². The van der Waals surface area contributed by atoms with Crippen molar-refractivity contribution in [2.45, 2.75) is 25.1 Å². The molecular weight excluding hydrogens is 345 g/mol. The number of hydrogen-bond acceptors (Lipinski definition) is 4. The number of hydrogen-bond donors (Lipinski definition) is 1. The molecule has 0 unspecified atom stereocenters. The van der Waals surface area contributed by atoms with Crippen LogP contribution < -0.4 is 10.1 Å². The number of nitrogens with zero attached hydrogens (tertiary/aromatic N) is 3. The number of rotatable bonds is 4. The maximum absolute atomic E-state index is 13.2. The fraction of sp³-hybridized carbons (Fsp3) is 0.222. The van der Waals surface area contributed by atoms with Crippen molar-refractivity contribution in [2.24, 2.45) is 0 Å². The van der Waals surface area contributed by atoms with E-state index >= 15 is 0 Å². The Balaban J connectivity index is 1.73. The lowest BCUT2D eigenvalue weighted by molar-refractivity contribution is -0.0507. The lowest BCUT2D eigenvalue weighted by atomic mass is 9.93. The van der Waals surface area contributed by atoms with E-state index in [1.807, 2.05) is 0 Å². The van der Waals surface area contributed by atoms with Gasteiger partial charge < -0.3 is 10.1 Å². The molecule has 1 aliphatic rings. The molecule has 0 amide bonds. The van der Waals surface area contributed by atoms with E-state index in [1.165, 1.54) is 24.5 Å². The predicted molar refractivity (Wildman–Crippen MR) is 88.6 cm³/mol. The van der Waals surface area contributed by atoms with Gasteiger partial charge in [0.15, 0.2) is 0 Å². The van der Waals surface area contributed by atoms with E-state index in [4.69, 9.17) is 0 Å². The molecule has 1 aliphatic heterocycles. The van der Waals surface area contributed by atoms with Crippen LogP contribution in [0.2, 0.25) is 0 Å². The van der Waals surface area contributed by atoms with Gasteiger partial charge >= 0.3 is 6.61 Å². The Labute approximate surface area is 147 Å². The summed E-state index contributed by atoms with van der Waals surface area (Å²) in [6.07, 6.45) is 1.92. The minimum Gasteiger partial charge on any atom is -0.434 e. The van der Waals surface area contributed by atoms with Crippen molar-refractivity contribution in [2.75, 3.05) is 5.32 Å². The number of ether oxygens (including phenoxy) is 1. The van der Waals surface area contributed by atoms with Crippen molar-refractivity contribution in [3.8, 4) is 5.75 Å². The molecule has 0 saturated carbocycles. The fourth-order valence-electron chi connectivity index (χ4n) is 3.25. The molecule has 4 rings (SSSR count). The molecule has 26 heavy (non-hydrogen) atoms. The monoisotopic (exact) mass is 360 g/mol. The first-order chi connectivity index (χ1) is 12.6. The van der Waals surface area contributed by atoms with Crippen LogP contribution in [0.5, 0.6) is 5.75 Å². The number of benzene rings is 2. The SMILES string of the molecule is Fc1ccc([C@@H]2C[C@H](c3ccccc3OC(F)F)n3ncnc3N2)cc1. The second-order valence-corrected chi connectivity index (χ2v) is 5.94. The number of aromatic nitrogens is 3. The number of alkyl halides is 2. The third-order valence-corrected chi connectivity index (χ3v) is 4.40. The number of para-hydroxylation sites is 1. The summed E-state index contributed by atoms with van der Waals surface area (Å²) in [5.41, 5.74) is 1.46. The maximum Gasteiger partial charge on any atom is 0.387 e. The largest absolute Gasteiger partial charge is 0.434 e. The highest BCUT2D eigenvalue weighted by molar-refractivity contribution is 5.42. The highest BCUT2D eigenvalue weighted by Gasteiger charge is 2.32. The van der Waals surface area contributed by atoms with Crippen LogP contribution in [0.25, 0.3) is 0 Å². The summed E-state index contributed by atoms with van der Waals surface area (Å²) in [6.45, 7) is -2.92. The second-order valence-electron chi connectivity index (χ2n) is 5.94. The summed E-state index contributed by atoms with van der Waals surface area (Å²) < 4.78 is 45.1. The Morgan fingerprint density at radius 3 is 2.65 bits per heavy atom. The summed E-state index contributed by atoms with van der Waals surface area (Å²) in [4.78, 5) is 4.19. The predicted octanol–water partition coefficient (Wildman–Crippen LogP) is 4.16. The molecule has 3 aromatic rings. The zero-order valence-electron chi connectivity index (χ0n) is 13.5. The van der Waals surface area contributed by atoms with E-state index in [2.05, 4.69) is 20.1 Å². The van der Waals surface area contributed by atoms with E-state index in [0.717, 1.165) is 5.56 Å². The van der Waals surface area contributed by atoms with Crippen LogP contribution in [0.3, 0.4) is 0 Å². The van der Waals surface area contributed by atoms with Crippen molar-refractivity contribution in [1.29, 1.82) is 0 Å². The topological polar surface area (TPSA) is 52.0 Å². The van der Waals surface area contributed by atoms with Gasteiger partial charge in [-0.05, 0) is 30.2 Å². The van der Waals surface area contributed by atoms with Gasteiger partial charge in [-0.25, -0.2) is 9.07 Å². The molecule has 8 heteroatoms. The first kappa shape index (κ1) is 16.4. The van der Waals surface area contributed by atoms with Crippen molar-refractivity contribution < 1.29 is 17.9 Å². The normalized spacial score (nSPS) is 19.1. The maximum atomic E-state index is 13.2. The van der Waals surface area contributed by atoms with Gasteiger partial charge in [0, 0.05) is 5.56 Å². The minimum absolute atomic E-state index is 0.105. The zero-order valence-corrected chi connectivity index (χ0v) is 13.5. The van der Waals surface area contributed by atoms with Crippen molar-refractivity contribution in [3.63, 3.8) is 0 Å². The molecule has 0 radical (unpaired) electrons. The van der Waals surface area contributed by atoms with Gasteiger partial charge in [-0.15, -0.1) is 0 Å². The van der Waals surface area contributed by atoms with Crippen LogP contribution in [-0.2, 0) is 0 Å². The van der Waals surface area contributed by atoms with E-state index in [0.29, 0.717) is 17.9 Å². The molecule has 2 heterocycles. The zero-order chi connectivity index (χ0) is 18.1. The first-order valence-electron chi connectivity index (χ1n) is 8.07. The van der Waals surface area contributed by atoms with Crippen LogP contribution in [0, 0.1) is 5.82 Å². The Morgan fingerprint density at radius 2 is 1.88 bits per heavy atom. The van der Waals surface area contributed by atoms with Crippen LogP contribution in [0.15, 0.2) is 54.9 Å². The molecule has 5 nitrogen and oxygen atoms in total. The third kappa shape index (κ3) is 3.10. The van der Waals surface area contributed by atoms with Crippen LogP contribution in [0.1, 0.15) is 29.6 Å². The van der Waals surface area contributed by atoms with Crippen LogP contribution in [-0.4, -0.2) is 21.4 Å². The average molecular weight is 360 g/mol. The molecule has 0 spiro atoms. The van der Waals surface area contributed by atoms with Gasteiger partial charge in [0.2, 0.25) is 5.95 Å². The van der Waals surface area contributed by atoms with Crippen LogP contribution in [0.4, 0.5) is 19.1 Å². The van der Waals surface area contributed by atoms with Gasteiger partial charge in [0.1, 0.15) is 17.9 Å². The first-order valence-corrected chi connectivity index (χ1v) is 8.07. The van der Waals surface area contributed by atoms with Crippen LogP contribution >= 0.6 is 0 Å². The summed E-state index contributed by atoms with van der Waals surface area (Å²) in [5.74, 6) is 0.302. The molecule has 134 valence electrons. The van der Waals surface area contributed by atoms with Gasteiger partial charge in [-0.2, -0.15) is 18.9 Å². The Bertz CT molecular complexity index is 897. The molecule has 0 saturated heterocycles. The molecule has 0 bridgehead atoms. The van der Waals surface area contributed by atoms with E-state index < -0.39 is 6.61 Å². The second kappa shape index (κ2) is 6.70. The number of fused-ring (bicyclic) bond motifs is 1. The molecule has 0 aliphatic carbocycles. The summed E-state index contributed by atoms with van der Waals surface area (Å²) in [7, 11) is 0. The lowest BCUT2D eigenvalue weighted by Gasteiger charge is -2.32. The standard InChI is InChI=1S/C18H15F3N4O/c19-12-7-5-11(6-8-12)14-9-15(25-18(24-14)22-10-23-25)13-3-1-2-4-16(13)26-17(20)21/h1-8,10,14-15,17H,9H2,(H,22,23,24)/t14-,15+/m0/s1. The molecule has 2 atom stereocenters. The molecule has 1 N–H and O–H groups in total. The average Bonchev–Trinajstić information content (AvgIpc) is 3.10. The summed E-state index contributed by atoms with van der Waals surface area (Å²) in [6, 6.07) is 12.3. The lowest BCUT2D eigenvalue weighted by Crippen LogP contribution is -2.28. The Kier molecular flexibility index (Phi) is 4.24. The molecule has 0 fully saturated rings. The van der Waals surface area contributed by atoms with Crippen molar-refractivity contribution >= 4 is 5.95 Å². The van der Waals surface area contributed by atoms with E-state index in [-0.39, 0.29) is 23.7 Å². The smallest absolute Gasteiger partial charge is 0.387 e. The number of anilines is 1. The summed E-state index contributed by atoms with van der Waals surface area (Å²) in [5, 5.41) is 7.47. The quantitative estimate of drug-likeness (QED) is 0.759. The van der Waals surface area contributed by atoms with Crippen molar-refractivity contribution in [3.05, 3.63) is 71.8 Å². The number of nitrogens with one attached hydrogen (secondary N) is 1. The van der Waals surface area contributed by atoms with Gasteiger partial charge in [-0.3, -0.25) is 0 Å². The minimum atomic E-state index is -2.92. The van der Waals surface area contributed by atoms with Gasteiger partial charge in [-0.1, -0.05) is 30.3 Å².